The Labute approximate surface area is 190 Å². The smallest absolute Gasteiger partial charge is 0.213 e. The molecule has 1 aromatic rings. The first-order valence-corrected chi connectivity index (χ1v) is 11.8. The first-order chi connectivity index (χ1) is 13.6. The molecular weight excluding hydrogens is 507 g/mol. The van der Waals surface area contributed by atoms with Gasteiger partial charge < -0.3 is 14.7 Å². The predicted octanol–water partition coefficient (Wildman–Crippen LogP) is 1.10. The molecule has 1 saturated carbocycles. The SMILES string of the molecule is CCNC(=NCCS(=O)(=O)NCC1CCC1)N1CCN(Cc2ccon2)CC1.I. The van der Waals surface area contributed by atoms with Crippen molar-refractivity contribution in [2.45, 2.75) is 32.7 Å². The molecule has 1 saturated heterocycles. The largest absolute Gasteiger partial charge is 0.364 e. The first kappa shape index (κ1) is 24.4. The highest BCUT2D eigenvalue weighted by Gasteiger charge is 2.22. The minimum absolute atomic E-state index is 0. The fourth-order valence-corrected chi connectivity index (χ4v) is 4.34. The summed E-state index contributed by atoms with van der Waals surface area (Å²) < 4.78 is 31.9. The van der Waals surface area contributed by atoms with Gasteiger partial charge in [0.15, 0.2) is 5.96 Å². The number of hydrogen-bond acceptors (Lipinski definition) is 6. The van der Waals surface area contributed by atoms with E-state index in [1.165, 1.54) is 6.42 Å². The van der Waals surface area contributed by atoms with Crippen LogP contribution >= 0.6 is 24.0 Å². The number of rotatable bonds is 9. The van der Waals surface area contributed by atoms with Crippen LogP contribution in [0.2, 0.25) is 0 Å². The molecule has 166 valence electrons. The van der Waals surface area contributed by atoms with Crippen molar-refractivity contribution >= 4 is 40.0 Å². The third kappa shape index (κ3) is 8.02. The molecule has 0 amide bonds. The monoisotopic (exact) mass is 540 g/mol. The van der Waals surface area contributed by atoms with Crippen LogP contribution in [0.25, 0.3) is 0 Å². The predicted molar refractivity (Wildman–Crippen MR) is 124 cm³/mol. The molecule has 1 aliphatic heterocycles. The summed E-state index contributed by atoms with van der Waals surface area (Å²) in [7, 11) is -3.26. The number of nitrogens with one attached hydrogen (secondary N) is 2. The highest BCUT2D eigenvalue weighted by atomic mass is 127. The average molecular weight is 540 g/mol. The minimum Gasteiger partial charge on any atom is -0.364 e. The van der Waals surface area contributed by atoms with Gasteiger partial charge in [0, 0.05) is 51.9 Å². The number of aliphatic imine (C=N–C) groups is 1. The molecule has 3 rings (SSSR count). The van der Waals surface area contributed by atoms with E-state index in [9.17, 15) is 8.42 Å². The standard InChI is InChI=1S/C18H32N6O3S.HI/c1-2-19-18(20-7-13-28(25,26)21-14-16-4-3-5-16)24-10-8-23(9-11-24)15-17-6-12-27-22-17;/h6,12,16,21H,2-5,7-11,13-15H2,1H3,(H,19,20);1H. The molecule has 0 atom stereocenters. The van der Waals surface area contributed by atoms with Crippen LogP contribution in [-0.2, 0) is 16.6 Å². The second kappa shape index (κ2) is 12.1. The van der Waals surface area contributed by atoms with Crippen LogP contribution in [0.4, 0.5) is 0 Å². The highest BCUT2D eigenvalue weighted by Crippen LogP contribution is 2.25. The van der Waals surface area contributed by atoms with Gasteiger partial charge in [0.2, 0.25) is 10.0 Å². The number of sulfonamides is 1. The van der Waals surface area contributed by atoms with Crippen LogP contribution in [0.5, 0.6) is 0 Å². The van der Waals surface area contributed by atoms with Gasteiger partial charge in [0.25, 0.3) is 0 Å². The van der Waals surface area contributed by atoms with Crippen LogP contribution in [0, 0.1) is 5.92 Å². The summed E-state index contributed by atoms with van der Waals surface area (Å²) in [4.78, 5) is 9.07. The van der Waals surface area contributed by atoms with Crippen molar-refractivity contribution in [3.63, 3.8) is 0 Å². The highest BCUT2D eigenvalue weighted by molar-refractivity contribution is 14.0. The minimum atomic E-state index is -3.26. The summed E-state index contributed by atoms with van der Waals surface area (Å²) in [6.45, 7) is 7.88. The van der Waals surface area contributed by atoms with E-state index in [-0.39, 0.29) is 36.3 Å². The normalized spacial score (nSPS) is 18.9. The van der Waals surface area contributed by atoms with E-state index in [1.807, 2.05) is 13.0 Å². The Morgan fingerprint density at radius 3 is 2.66 bits per heavy atom. The zero-order chi connectivity index (χ0) is 19.8. The van der Waals surface area contributed by atoms with E-state index in [0.29, 0.717) is 12.5 Å². The number of halogens is 1. The fourth-order valence-electron chi connectivity index (χ4n) is 3.38. The topological polar surface area (TPSA) is 103 Å². The van der Waals surface area contributed by atoms with Crippen molar-refractivity contribution in [3.8, 4) is 0 Å². The first-order valence-electron chi connectivity index (χ1n) is 10.2. The number of guanidine groups is 1. The van der Waals surface area contributed by atoms with Gasteiger partial charge in [-0.2, -0.15) is 0 Å². The van der Waals surface area contributed by atoms with E-state index in [0.717, 1.165) is 63.8 Å². The zero-order valence-electron chi connectivity index (χ0n) is 17.0. The molecule has 2 heterocycles. The van der Waals surface area contributed by atoms with Crippen molar-refractivity contribution in [2.24, 2.45) is 10.9 Å². The van der Waals surface area contributed by atoms with Gasteiger partial charge in [-0.25, -0.2) is 13.1 Å². The van der Waals surface area contributed by atoms with E-state index in [4.69, 9.17) is 4.52 Å². The van der Waals surface area contributed by atoms with E-state index in [2.05, 4.69) is 30.0 Å². The molecule has 1 aliphatic carbocycles. The van der Waals surface area contributed by atoms with Crippen LogP contribution in [0.1, 0.15) is 31.9 Å². The lowest BCUT2D eigenvalue weighted by atomic mass is 9.86. The third-order valence-electron chi connectivity index (χ3n) is 5.32. The van der Waals surface area contributed by atoms with Crippen molar-refractivity contribution in [3.05, 3.63) is 18.0 Å². The zero-order valence-corrected chi connectivity index (χ0v) is 20.2. The molecule has 0 unspecified atom stereocenters. The van der Waals surface area contributed by atoms with Crippen LogP contribution in [-0.4, -0.2) is 80.9 Å². The Balaban J connectivity index is 0.00000300. The molecule has 9 nitrogen and oxygen atoms in total. The van der Waals surface area contributed by atoms with Crippen LogP contribution in [0.3, 0.4) is 0 Å². The molecule has 2 fully saturated rings. The molecule has 29 heavy (non-hydrogen) atoms. The fraction of sp³-hybridized carbons (Fsp3) is 0.778. The van der Waals surface area contributed by atoms with E-state index < -0.39 is 10.0 Å². The molecule has 0 bridgehead atoms. The molecule has 0 spiro atoms. The Hall–Kier alpha value is -0.920. The van der Waals surface area contributed by atoms with Gasteiger partial charge in [-0.1, -0.05) is 11.6 Å². The second-order valence-corrected chi connectivity index (χ2v) is 9.38. The van der Waals surface area contributed by atoms with E-state index in [1.54, 1.807) is 6.26 Å². The van der Waals surface area contributed by atoms with Crippen LogP contribution < -0.4 is 10.0 Å². The van der Waals surface area contributed by atoms with Gasteiger partial charge in [0.05, 0.1) is 18.0 Å². The lowest BCUT2D eigenvalue weighted by molar-refractivity contribution is 0.169. The van der Waals surface area contributed by atoms with E-state index >= 15 is 0 Å². The number of aromatic nitrogens is 1. The summed E-state index contributed by atoms with van der Waals surface area (Å²) in [5, 5.41) is 7.25. The Kier molecular flexibility index (Phi) is 10.1. The molecule has 2 aliphatic rings. The maximum atomic E-state index is 12.2. The van der Waals surface area contributed by atoms with Crippen molar-refractivity contribution in [2.75, 3.05) is 51.6 Å². The second-order valence-electron chi connectivity index (χ2n) is 7.45. The summed E-state index contributed by atoms with van der Waals surface area (Å²) in [5.41, 5.74) is 0.939. The third-order valence-corrected chi connectivity index (χ3v) is 6.65. The molecule has 1 aromatic heterocycles. The number of piperazine rings is 1. The lowest BCUT2D eigenvalue weighted by Crippen LogP contribution is -2.52. The van der Waals surface area contributed by atoms with Gasteiger partial charge in [0.1, 0.15) is 6.26 Å². The summed E-state index contributed by atoms with van der Waals surface area (Å²) in [6, 6.07) is 1.89. The van der Waals surface area contributed by atoms with Gasteiger partial charge in [-0.05, 0) is 25.7 Å². The van der Waals surface area contributed by atoms with Crippen molar-refractivity contribution in [1.82, 2.24) is 25.0 Å². The van der Waals surface area contributed by atoms with Crippen molar-refractivity contribution in [1.29, 1.82) is 0 Å². The Morgan fingerprint density at radius 1 is 1.31 bits per heavy atom. The molecule has 2 N–H and O–H groups in total. The maximum Gasteiger partial charge on any atom is 0.213 e. The molecule has 11 heteroatoms. The van der Waals surface area contributed by atoms with Crippen LogP contribution in [0.15, 0.2) is 21.8 Å². The average Bonchev–Trinajstić information content (AvgIpc) is 3.13. The molecular formula is C18H33IN6O3S. The van der Waals surface area contributed by atoms with Gasteiger partial charge in [-0.3, -0.25) is 9.89 Å². The van der Waals surface area contributed by atoms with Gasteiger partial charge >= 0.3 is 0 Å². The summed E-state index contributed by atoms with van der Waals surface area (Å²) >= 11 is 0. The summed E-state index contributed by atoms with van der Waals surface area (Å²) in [5.74, 6) is 1.34. The Morgan fingerprint density at radius 2 is 2.07 bits per heavy atom. The number of nitrogens with zero attached hydrogens (tertiary/aromatic N) is 4. The molecule has 0 radical (unpaired) electrons. The molecule has 0 aromatic carbocycles. The van der Waals surface area contributed by atoms with Crippen molar-refractivity contribution < 1.29 is 12.9 Å². The number of hydrogen-bond donors (Lipinski definition) is 2. The Bertz CT molecular complexity index is 716. The lowest BCUT2D eigenvalue weighted by Gasteiger charge is -2.36. The quantitative estimate of drug-likeness (QED) is 0.275. The summed E-state index contributed by atoms with van der Waals surface area (Å²) in [6.07, 6.45) is 5.08. The maximum absolute atomic E-state index is 12.2. The van der Waals surface area contributed by atoms with Gasteiger partial charge in [-0.15, -0.1) is 24.0 Å².